The number of hydrogen-bond donors (Lipinski definition) is 1. The van der Waals surface area contributed by atoms with Crippen molar-refractivity contribution in [1.29, 1.82) is 0 Å². The molecule has 1 aromatic carbocycles. The predicted octanol–water partition coefficient (Wildman–Crippen LogP) is 4.13. The molecule has 3 heterocycles. The molecule has 0 bridgehead atoms. The smallest absolute Gasteiger partial charge is 0.277 e. The maximum absolute atomic E-state index is 13.0. The second-order valence-electron chi connectivity index (χ2n) is 5.49. The number of pyridine rings is 1. The molecule has 0 saturated carbocycles. The van der Waals surface area contributed by atoms with Crippen LogP contribution in [0.5, 0.6) is 0 Å². The predicted molar refractivity (Wildman–Crippen MR) is 104 cm³/mol. The van der Waals surface area contributed by atoms with E-state index in [0.29, 0.717) is 21.9 Å². The number of thiazole rings is 1. The Morgan fingerprint density at radius 2 is 1.89 bits per heavy atom. The number of carbonyl (C=O) groups is 1. The number of aromatic nitrogens is 4. The lowest BCUT2D eigenvalue weighted by atomic mass is 10.2. The van der Waals surface area contributed by atoms with Crippen molar-refractivity contribution in [2.75, 3.05) is 11.1 Å². The molecule has 4 rings (SSSR count). The molecule has 0 spiro atoms. The minimum Gasteiger partial charge on any atom is -0.411 e. The molecular formula is C18H12FN5O2S2. The Bertz CT molecular complexity index is 1080. The number of benzene rings is 1. The summed E-state index contributed by atoms with van der Waals surface area (Å²) in [6, 6.07) is 9.54. The number of anilines is 1. The lowest BCUT2D eigenvalue weighted by Gasteiger charge is -1.99. The Morgan fingerprint density at radius 3 is 2.68 bits per heavy atom. The van der Waals surface area contributed by atoms with Crippen molar-refractivity contribution < 1.29 is 13.6 Å². The average Bonchev–Trinajstić information content (AvgIpc) is 3.37. The summed E-state index contributed by atoms with van der Waals surface area (Å²) >= 11 is 2.43. The first-order valence-corrected chi connectivity index (χ1v) is 9.92. The number of rotatable bonds is 6. The topological polar surface area (TPSA) is 93.8 Å². The summed E-state index contributed by atoms with van der Waals surface area (Å²) in [5.74, 6) is -0.0795. The summed E-state index contributed by atoms with van der Waals surface area (Å²) < 4.78 is 18.5. The maximum Gasteiger partial charge on any atom is 0.277 e. The van der Waals surface area contributed by atoms with Crippen molar-refractivity contribution in [3.8, 4) is 22.7 Å². The van der Waals surface area contributed by atoms with Crippen molar-refractivity contribution in [2.24, 2.45) is 0 Å². The quantitative estimate of drug-likeness (QED) is 0.475. The SMILES string of the molecule is O=C(CSc1nnc(-c2ccncc2)o1)Nc1nc(-c2ccc(F)cc2)cs1. The minimum absolute atomic E-state index is 0.101. The van der Waals surface area contributed by atoms with Gasteiger partial charge in [0.1, 0.15) is 5.82 Å². The molecule has 3 aromatic heterocycles. The van der Waals surface area contributed by atoms with E-state index in [1.165, 1.54) is 23.5 Å². The van der Waals surface area contributed by atoms with Gasteiger partial charge in [0.05, 0.1) is 11.4 Å². The van der Waals surface area contributed by atoms with E-state index >= 15 is 0 Å². The van der Waals surface area contributed by atoms with Crippen LogP contribution in [0.4, 0.5) is 9.52 Å². The largest absolute Gasteiger partial charge is 0.411 e. The van der Waals surface area contributed by atoms with Gasteiger partial charge in [-0.1, -0.05) is 11.8 Å². The Morgan fingerprint density at radius 1 is 1.11 bits per heavy atom. The van der Waals surface area contributed by atoms with E-state index in [2.05, 4.69) is 25.5 Å². The van der Waals surface area contributed by atoms with Gasteiger partial charge >= 0.3 is 0 Å². The molecule has 1 amide bonds. The average molecular weight is 413 g/mol. The van der Waals surface area contributed by atoms with Crippen LogP contribution in [0.25, 0.3) is 22.7 Å². The molecule has 0 radical (unpaired) electrons. The third kappa shape index (κ3) is 4.41. The van der Waals surface area contributed by atoms with Crippen LogP contribution in [-0.4, -0.2) is 31.8 Å². The first-order chi connectivity index (χ1) is 13.7. The molecule has 1 N–H and O–H groups in total. The molecule has 0 aliphatic heterocycles. The summed E-state index contributed by atoms with van der Waals surface area (Å²) in [5, 5.41) is 13.2. The molecule has 0 unspecified atom stereocenters. The van der Waals surface area contributed by atoms with Gasteiger partial charge in [-0.05, 0) is 36.4 Å². The third-order valence-electron chi connectivity index (χ3n) is 3.55. The van der Waals surface area contributed by atoms with Gasteiger partial charge in [0.25, 0.3) is 5.22 Å². The van der Waals surface area contributed by atoms with Gasteiger partial charge in [0.15, 0.2) is 5.13 Å². The van der Waals surface area contributed by atoms with Crippen LogP contribution in [-0.2, 0) is 4.79 Å². The first-order valence-electron chi connectivity index (χ1n) is 8.05. The molecule has 28 heavy (non-hydrogen) atoms. The number of carbonyl (C=O) groups excluding carboxylic acids is 1. The summed E-state index contributed by atoms with van der Waals surface area (Å²) in [4.78, 5) is 20.4. The highest BCUT2D eigenvalue weighted by Gasteiger charge is 2.13. The molecule has 140 valence electrons. The van der Waals surface area contributed by atoms with E-state index in [1.807, 2.05) is 0 Å². The molecular weight excluding hydrogens is 401 g/mol. The van der Waals surface area contributed by atoms with Crippen molar-refractivity contribution in [3.05, 3.63) is 60.0 Å². The fraction of sp³-hybridized carbons (Fsp3) is 0.0556. The number of hydrogen-bond acceptors (Lipinski definition) is 8. The zero-order chi connectivity index (χ0) is 19.3. The van der Waals surface area contributed by atoms with Crippen LogP contribution in [0.3, 0.4) is 0 Å². The van der Waals surface area contributed by atoms with Gasteiger partial charge in [-0.2, -0.15) is 0 Å². The minimum atomic E-state index is -0.308. The number of halogens is 1. The van der Waals surface area contributed by atoms with Gasteiger partial charge in [0.2, 0.25) is 11.8 Å². The van der Waals surface area contributed by atoms with Gasteiger partial charge in [0, 0.05) is 28.9 Å². The monoisotopic (exact) mass is 413 g/mol. The summed E-state index contributed by atoms with van der Waals surface area (Å²) in [6.07, 6.45) is 3.27. The molecule has 10 heteroatoms. The van der Waals surface area contributed by atoms with Crippen LogP contribution < -0.4 is 5.32 Å². The highest BCUT2D eigenvalue weighted by molar-refractivity contribution is 7.99. The zero-order valence-corrected chi connectivity index (χ0v) is 15.8. The third-order valence-corrected chi connectivity index (χ3v) is 5.13. The zero-order valence-electron chi connectivity index (χ0n) is 14.2. The number of nitrogens with zero attached hydrogens (tertiary/aromatic N) is 4. The van der Waals surface area contributed by atoms with Gasteiger partial charge < -0.3 is 9.73 Å². The summed E-state index contributed by atoms with van der Waals surface area (Å²) in [5.41, 5.74) is 2.21. The molecule has 0 atom stereocenters. The van der Waals surface area contributed by atoms with Crippen molar-refractivity contribution in [3.63, 3.8) is 0 Å². The van der Waals surface area contributed by atoms with Crippen molar-refractivity contribution >= 4 is 34.1 Å². The Balaban J connectivity index is 1.33. The fourth-order valence-corrected chi connectivity index (χ4v) is 3.55. The van der Waals surface area contributed by atoms with Crippen LogP contribution in [0.15, 0.2) is 63.8 Å². The highest BCUT2D eigenvalue weighted by Crippen LogP contribution is 2.26. The Kier molecular flexibility index (Phi) is 5.40. The Hall–Kier alpha value is -3.11. The first kappa shape index (κ1) is 18.3. The lowest BCUT2D eigenvalue weighted by molar-refractivity contribution is -0.113. The lowest BCUT2D eigenvalue weighted by Crippen LogP contribution is -2.13. The standard InChI is InChI=1S/C18H12FN5O2S2/c19-13-3-1-11(2-4-13)14-9-27-17(21-14)22-15(25)10-28-18-24-23-16(26-18)12-5-7-20-8-6-12/h1-9H,10H2,(H,21,22,25). The molecule has 0 aliphatic carbocycles. The number of nitrogens with one attached hydrogen (secondary N) is 1. The molecule has 7 nitrogen and oxygen atoms in total. The van der Waals surface area contributed by atoms with Gasteiger partial charge in [-0.3, -0.25) is 9.78 Å². The van der Waals surface area contributed by atoms with Crippen LogP contribution >= 0.6 is 23.1 Å². The van der Waals surface area contributed by atoms with E-state index in [0.717, 1.165) is 22.9 Å². The number of amides is 1. The Labute approximate surface area is 167 Å². The van der Waals surface area contributed by atoms with E-state index in [9.17, 15) is 9.18 Å². The second-order valence-corrected chi connectivity index (χ2v) is 7.28. The molecule has 0 aliphatic rings. The van der Waals surface area contributed by atoms with Gasteiger partial charge in [-0.15, -0.1) is 21.5 Å². The highest BCUT2D eigenvalue weighted by atomic mass is 32.2. The van der Waals surface area contributed by atoms with Crippen molar-refractivity contribution in [2.45, 2.75) is 5.22 Å². The maximum atomic E-state index is 13.0. The molecule has 0 saturated heterocycles. The van der Waals surface area contributed by atoms with Gasteiger partial charge in [-0.25, -0.2) is 9.37 Å². The van der Waals surface area contributed by atoms with Crippen LogP contribution in [0, 0.1) is 5.82 Å². The molecule has 4 aromatic rings. The van der Waals surface area contributed by atoms with E-state index in [1.54, 1.807) is 42.0 Å². The normalized spacial score (nSPS) is 10.8. The van der Waals surface area contributed by atoms with E-state index in [-0.39, 0.29) is 17.5 Å². The van der Waals surface area contributed by atoms with E-state index < -0.39 is 0 Å². The number of thioether (sulfide) groups is 1. The molecule has 0 fully saturated rings. The summed E-state index contributed by atoms with van der Waals surface area (Å²) in [6.45, 7) is 0. The fourth-order valence-electron chi connectivity index (χ4n) is 2.25. The summed E-state index contributed by atoms with van der Waals surface area (Å²) in [7, 11) is 0. The second kappa shape index (κ2) is 8.28. The van der Waals surface area contributed by atoms with Crippen LogP contribution in [0.2, 0.25) is 0 Å². The van der Waals surface area contributed by atoms with E-state index in [4.69, 9.17) is 4.42 Å². The van der Waals surface area contributed by atoms with Crippen molar-refractivity contribution in [1.82, 2.24) is 20.2 Å². The van der Waals surface area contributed by atoms with Crippen LogP contribution in [0.1, 0.15) is 0 Å².